The van der Waals surface area contributed by atoms with Crippen LogP contribution in [0.4, 0.5) is 0 Å². The Balaban J connectivity index is 1.72. The molecule has 0 heterocycles. The van der Waals surface area contributed by atoms with Gasteiger partial charge in [0.2, 0.25) is 0 Å². The third-order valence-electron chi connectivity index (χ3n) is 4.37. The van der Waals surface area contributed by atoms with E-state index in [0.29, 0.717) is 30.3 Å². The van der Waals surface area contributed by atoms with Gasteiger partial charge in [-0.25, -0.2) is 4.79 Å². The Morgan fingerprint density at radius 1 is 1.39 bits per heavy atom. The molecule has 0 spiro atoms. The van der Waals surface area contributed by atoms with Crippen molar-refractivity contribution in [3.8, 4) is 0 Å². The standard InChI is InChI=1S/C15H22O3/c1-18-15(17)6-4-2-3-5-13-11-7-8-12(9-11)14(13)10-16/h4,6-8,11-14,16H,2-3,5,9-10H2,1H3/b6-4+. The lowest BCUT2D eigenvalue weighted by Gasteiger charge is -2.26. The maximum Gasteiger partial charge on any atom is 0.330 e. The molecule has 0 saturated heterocycles. The highest BCUT2D eigenvalue weighted by Gasteiger charge is 2.43. The molecule has 0 aromatic rings. The normalized spacial score (nSPS) is 33.4. The first-order valence-corrected chi connectivity index (χ1v) is 6.80. The second-order valence-corrected chi connectivity index (χ2v) is 5.32. The summed E-state index contributed by atoms with van der Waals surface area (Å²) in [5.41, 5.74) is 0. The van der Waals surface area contributed by atoms with Crippen molar-refractivity contribution in [2.75, 3.05) is 13.7 Å². The first-order chi connectivity index (χ1) is 8.76. The summed E-state index contributed by atoms with van der Waals surface area (Å²) in [6, 6.07) is 0. The fraction of sp³-hybridized carbons (Fsp3) is 0.667. The Labute approximate surface area is 109 Å². The summed E-state index contributed by atoms with van der Waals surface area (Å²) in [5.74, 6) is 2.10. The van der Waals surface area contributed by atoms with Gasteiger partial charge in [0, 0.05) is 12.7 Å². The van der Waals surface area contributed by atoms with E-state index in [0.717, 1.165) is 19.3 Å². The molecule has 2 bridgehead atoms. The second kappa shape index (κ2) is 6.19. The molecule has 2 aliphatic carbocycles. The zero-order valence-corrected chi connectivity index (χ0v) is 10.9. The Bertz CT molecular complexity index is 346. The van der Waals surface area contributed by atoms with Crippen LogP contribution in [0.25, 0.3) is 0 Å². The molecule has 18 heavy (non-hydrogen) atoms. The van der Waals surface area contributed by atoms with Crippen LogP contribution < -0.4 is 0 Å². The number of fused-ring (bicyclic) bond motifs is 2. The summed E-state index contributed by atoms with van der Waals surface area (Å²) >= 11 is 0. The first kappa shape index (κ1) is 13.3. The fourth-order valence-corrected chi connectivity index (χ4v) is 3.44. The molecule has 0 amide bonds. The third-order valence-corrected chi connectivity index (χ3v) is 4.37. The van der Waals surface area contributed by atoms with Crippen molar-refractivity contribution < 1.29 is 14.6 Å². The number of ether oxygens (including phenoxy) is 1. The smallest absolute Gasteiger partial charge is 0.330 e. The van der Waals surface area contributed by atoms with Crippen molar-refractivity contribution in [1.82, 2.24) is 0 Å². The van der Waals surface area contributed by atoms with Crippen LogP contribution in [0.2, 0.25) is 0 Å². The van der Waals surface area contributed by atoms with Gasteiger partial charge in [-0.15, -0.1) is 0 Å². The molecule has 0 aliphatic heterocycles. The number of rotatable bonds is 6. The van der Waals surface area contributed by atoms with E-state index in [-0.39, 0.29) is 5.97 Å². The lowest BCUT2D eigenvalue weighted by atomic mass is 9.80. The van der Waals surface area contributed by atoms with Crippen molar-refractivity contribution in [2.45, 2.75) is 25.7 Å². The number of unbranched alkanes of at least 4 members (excludes halogenated alkanes) is 1. The predicted octanol–water partition coefficient (Wildman–Crippen LogP) is 2.32. The van der Waals surface area contributed by atoms with Gasteiger partial charge in [-0.1, -0.05) is 18.2 Å². The Hall–Kier alpha value is -1.09. The molecule has 0 radical (unpaired) electrons. The van der Waals surface area contributed by atoms with Crippen molar-refractivity contribution in [1.29, 1.82) is 0 Å². The summed E-state index contributed by atoms with van der Waals surface area (Å²) in [6.45, 7) is 0.314. The molecule has 1 fully saturated rings. The maximum atomic E-state index is 10.9. The molecule has 2 aliphatic rings. The highest BCUT2D eigenvalue weighted by atomic mass is 16.5. The molecular formula is C15H22O3. The highest BCUT2D eigenvalue weighted by Crippen LogP contribution is 2.49. The summed E-state index contributed by atoms with van der Waals surface area (Å²) in [6.07, 6.45) is 12.3. The number of aliphatic hydroxyl groups is 1. The van der Waals surface area contributed by atoms with Gasteiger partial charge >= 0.3 is 5.97 Å². The number of esters is 1. The Morgan fingerprint density at radius 3 is 2.78 bits per heavy atom. The van der Waals surface area contributed by atoms with E-state index in [1.807, 2.05) is 6.08 Å². The van der Waals surface area contributed by atoms with Crippen LogP contribution >= 0.6 is 0 Å². The molecule has 0 aromatic carbocycles. The van der Waals surface area contributed by atoms with Crippen LogP contribution in [-0.2, 0) is 9.53 Å². The van der Waals surface area contributed by atoms with Gasteiger partial charge in [0.05, 0.1) is 7.11 Å². The molecule has 3 nitrogen and oxygen atoms in total. The molecule has 4 unspecified atom stereocenters. The van der Waals surface area contributed by atoms with Gasteiger partial charge in [-0.2, -0.15) is 0 Å². The molecule has 1 saturated carbocycles. The van der Waals surface area contributed by atoms with Crippen LogP contribution in [0.3, 0.4) is 0 Å². The number of carbonyl (C=O) groups is 1. The van der Waals surface area contributed by atoms with Crippen molar-refractivity contribution in [3.05, 3.63) is 24.3 Å². The SMILES string of the molecule is COC(=O)/C=C/CCCC1C2C=CC(C2)C1CO. The van der Waals surface area contributed by atoms with E-state index >= 15 is 0 Å². The summed E-state index contributed by atoms with van der Waals surface area (Å²) in [7, 11) is 1.39. The first-order valence-electron chi connectivity index (χ1n) is 6.80. The number of aliphatic hydroxyl groups excluding tert-OH is 1. The van der Waals surface area contributed by atoms with Crippen LogP contribution in [-0.4, -0.2) is 24.8 Å². The average Bonchev–Trinajstić information content (AvgIpc) is 2.98. The van der Waals surface area contributed by atoms with E-state index < -0.39 is 0 Å². The lowest BCUT2D eigenvalue weighted by molar-refractivity contribution is -0.134. The third kappa shape index (κ3) is 2.83. The minimum absolute atomic E-state index is 0.286. The molecule has 2 rings (SSSR count). The van der Waals surface area contributed by atoms with Crippen molar-refractivity contribution in [3.63, 3.8) is 0 Å². The van der Waals surface area contributed by atoms with Gasteiger partial charge < -0.3 is 9.84 Å². The predicted molar refractivity (Wildman–Crippen MR) is 69.8 cm³/mol. The Kier molecular flexibility index (Phi) is 4.59. The zero-order chi connectivity index (χ0) is 13.0. The van der Waals surface area contributed by atoms with Gasteiger partial charge in [0.25, 0.3) is 0 Å². The zero-order valence-electron chi connectivity index (χ0n) is 10.9. The second-order valence-electron chi connectivity index (χ2n) is 5.32. The van der Waals surface area contributed by atoms with Crippen molar-refractivity contribution >= 4 is 5.97 Å². The number of allylic oxidation sites excluding steroid dienone is 3. The van der Waals surface area contributed by atoms with Gasteiger partial charge in [-0.3, -0.25) is 0 Å². The number of hydrogen-bond donors (Lipinski definition) is 1. The number of carbonyl (C=O) groups excluding carboxylic acids is 1. The molecule has 4 atom stereocenters. The summed E-state index contributed by atoms with van der Waals surface area (Å²) in [5, 5.41) is 9.46. The molecule has 0 aromatic heterocycles. The monoisotopic (exact) mass is 250 g/mol. The number of hydrogen-bond acceptors (Lipinski definition) is 3. The molecule has 100 valence electrons. The van der Waals surface area contributed by atoms with E-state index in [1.165, 1.54) is 19.6 Å². The Morgan fingerprint density at radius 2 is 2.11 bits per heavy atom. The van der Waals surface area contributed by atoms with Crippen LogP contribution in [0.1, 0.15) is 25.7 Å². The summed E-state index contributed by atoms with van der Waals surface area (Å²) < 4.78 is 4.54. The van der Waals surface area contributed by atoms with Crippen LogP contribution in [0.15, 0.2) is 24.3 Å². The van der Waals surface area contributed by atoms with Crippen LogP contribution in [0.5, 0.6) is 0 Å². The molecule has 1 N–H and O–H groups in total. The van der Waals surface area contributed by atoms with Gasteiger partial charge in [0.1, 0.15) is 0 Å². The van der Waals surface area contributed by atoms with Crippen molar-refractivity contribution in [2.24, 2.45) is 23.7 Å². The minimum atomic E-state index is -0.286. The largest absolute Gasteiger partial charge is 0.466 e. The molecular weight excluding hydrogens is 228 g/mol. The maximum absolute atomic E-state index is 10.9. The van der Waals surface area contributed by atoms with E-state index in [9.17, 15) is 9.90 Å². The average molecular weight is 250 g/mol. The van der Waals surface area contributed by atoms with Gasteiger partial charge in [-0.05, 0) is 49.4 Å². The van der Waals surface area contributed by atoms with E-state index in [2.05, 4.69) is 16.9 Å². The minimum Gasteiger partial charge on any atom is -0.466 e. The lowest BCUT2D eigenvalue weighted by Crippen LogP contribution is -2.22. The summed E-state index contributed by atoms with van der Waals surface area (Å²) in [4.78, 5) is 10.9. The van der Waals surface area contributed by atoms with Crippen LogP contribution in [0, 0.1) is 23.7 Å². The highest BCUT2D eigenvalue weighted by molar-refractivity contribution is 5.81. The van der Waals surface area contributed by atoms with E-state index in [1.54, 1.807) is 0 Å². The quantitative estimate of drug-likeness (QED) is 0.340. The fourth-order valence-electron chi connectivity index (χ4n) is 3.44. The van der Waals surface area contributed by atoms with Gasteiger partial charge in [0.15, 0.2) is 0 Å². The van der Waals surface area contributed by atoms with E-state index in [4.69, 9.17) is 0 Å². The number of methoxy groups -OCH3 is 1. The molecule has 3 heteroatoms. The topological polar surface area (TPSA) is 46.5 Å².